The first kappa shape index (κ1) is 30.3. The Labute approximate surface area is 238 Å². The lowest BCUT2D eigenvalue weighted by Crippen LogP contribution is -2.64. The number of carbonyl (C=O) groups excluding carboxylic acids is 4. The van der Waals surface area contributed by atoms with Gasteiger partial charge in [0.2, 0.25) is 12.4 Å². The van der Waals surface area contributed by atoms with Gasteiger partial charge in [0.1, 0.15) is 5.75 Å². The number of esters is 4. The molecule has 0 N–H and O–H groups in total. The largest absolute Gasteiger partial charge is 0.467 e. The van der Waals surface area contributed by atoms with Gasteiger partial charge in [-0.3, -0.25) is 14.4 Å². The molecule has 210 valence electrons. The van der Waals surface area contributed by atoms with E-state index in [1.54, 1.807) is 6.07 Å². The van der Waals surface area contributed by atoms with Crippen molar-refractivity contribution >= 4 is 58.7 Å². The Kier molecular flexibility index (Phi) is 10.3. The van der Waals surface area contributed by atoms with E-state index in [2.05, 4.69) is 0 Å². The third kappa shape index (κ3) is 7.89. The van der Waals surface area contributed by atoms with Gasteiger partial charge in [0.05, 0.1) is 12.1 Å². The lowest BCUT2D eigenvalue weighted by Gasteiger charge is -2.43. The minimum atomic E-state index is -1.64. The Morgan fingerprint density at radius 3 is 1.82 bits per heavy atom. The van der Waals surface area contributed by atoms with Gasteiger partial charge in [0.25, 0.3) is 0 Å². The summed E-state index contributed by atoms with van der Waals surface area (Å²) in [5, 5.41) is 0.797. The maximum atomic E-state index is 12.6. The van der Waals surface area contributed by atoms with Crippen molar-refractivity contribution in [1.82, 2.24) is 0 Å². The van der Waals surface area contributed by atoms with Crippen LogP contribution in [0.15, 0.2) is 36.4 Å². The molecule has 0 saturated carbocycles. The zero-order valence-electron chi connectivity index (χ0n) is 21.0. The minimum absolute atomic E-state index is 0.0354. The van der Waals surface area contributed by atoms with Crippen LogP contribution in [0.5, 0.6) is 17.2 Å². The third-order valence-electron chi connectivity index (χ3n) is 5.10. The number of halogens is 3. The van der Waals surface area contributed by atoms with Gasteiger partial charge in [0.15, 0.2) is 29.8 Å². The molecule has 39 heavy (non-hydrogen) atoms. The van der Waals surface area contributed by atoms with E-state index in [1.807, 2.05) is 0 Å². The molecule has 0 bridgehead atoms. The second-order valence-corrected chi connectivity index (χ2v) is 9.34. The molecule has 0 radical (unpaired) electrons. The van der Waals surface area contributed by atoms with E-state index in [4.69, 9.17) is 68.0 Å². The van der Waals surface area contributed by atoms with Gasteiger partial charge < -0.3 is 33.2 Å². The predicted octanol–water partition coefficient (Wildman–Crippen LogP) is 4.51. The number of hydrogen-bond donors (Lipinski definition) is 0. The van der Waals surface area contributed by atoms with Crippen LogP contribution in [0.2, 0.25) is 15.1 Å². The standard InChI is InChI=1S/C25H23Cl3O11/c1-11(29)34-20-21(35-12(2)30)23(36-13(3)31)25(39-22(20)24(32)33-4)38-19-10-15(27)6-8-18(19)37-17-7-5-14(26)9-16(17)28/h5-10,20-23,25H,1-4H3. The van der Waals surface area contributed by atoms with Crippen LogP contribution >= 0.6 is 34.8 Å². The predicted molar refractivity (Wildman–Crippen MR) is 136 cm³/mol. The highest BCUT2D eigenvalue weighted by molar-refractivity contribution is 6.35. The summed E-state index contributed by atoms with van der Waals surface area (Å²) in [6.07, 6.45) is -7.87. The lowest BCUT2D eigenvalue weighted by molar-refractivity contribution is -0.282. The van der Waals surface area contributed by atoms with Gasteiger partial charge in [-0.25, -0.2) is 4.79 Å². The zero-order chi connectivity index (χ0) is 28.9. The highest BCUT2D eigenvalue weighted by Crippen LogP contribution is 2.40. The fraction of sp³-hybridized carbons (Fsp3) is 0.360. The summed E-state index contributed by atoms with van der Waals surface area (Å²) in [6.45, 7) is 3.23. The molecule has 2 aromatic rings. The molecule has 5 unspecified atom stereocenters. The summed E-state index contributed by atoms with van der Waals surface area (Å²) >= 11 is 18.4. The minimum Gasteiger partial charge on any atom is -0.467 e. The molecule has 5 atom stereocenters. The SMILES string of the molecule is COC(=O)C1OC(Oc2cc(Cl)ccc2Oc2ccc(Cl)cc2Cl)C(OC(C)=O)C(OC(C)=O)C1OC(C)=O. The van der Waals surface area contributed by atoms with Gasteiger partial charge in [0, 0.05) is 36.9 Å². The van der Waals surface area contributed by atoms with Crippen LogP contribution < -0.4 is 9.47 Å². The second-order valence-electron chi connectivity index (χ2n) is 8.06. The van der Waals surface area contributed by atoms with E-state index >= 15 is 0 Å². The average Bonchev–Trinajstić information content (AvgIpc) is 2.84. The van der Waals surface area contributed by atoms with Gasteiger partial charge in [-0.15, -0.1) is 0 Å². The Balaban J connectivity index is 2.06. The molecule has 0 spiro atoms. The Bertz CT molecular complexity index is 1250. The summed E-state index contributed by atoms with van der Waals surface area (Å²) in [6, 6.07) is 8.88. The van der Waals surface area contributed by atoms with E-state index in [1.165, 1.54) is 30.3 Å². The molecule has 1 heterocycles. The van der Waals surface area contributed by atoms with E-state index in [0.717, 1.165) is 27.9 Å². The van der Waals surface area contributed by atoms with Gasteiger partial charge in [-0.1, -0.05) is 34.8 Å². The molecule has 1 fully saturated rings. The summed E-state index contributed by atoms with van der Waals surface area (Å²) in [4.78, 5) is 48.5. The maximum Gasteiger partial charge on any atom is 0.339 e. The number of hydrogen-bond acceptors (Lipinski definition) is 11. The molecule has 0 amide bonds. The third-order valence-corrected chi connectivity index (χ3v) is 5.86. The van der Waals surface area contributed by atoms with Crippen LogP contribution in [-0.2, 0) is 42.9 Å². The van der Waals surface area contributed by atoms with Crippen molar-refractivity contribution in [1.29, 1.82) is 0 Å². The van der Waals surface area contributed by atoms with E-state index in [0.29, 0.717) is 5.02 Å². The summed E-state index contributed by atoms with van der Waals surface area (Å²) in [5.74, 6) is -3.19. The van der Waals surface area contributed by atoms with Crippen LogP contribution in [0.1, 0.15) is 20.8 Å². The van der Waals surface area contributed by atoms with Crippen LogP contribution in [0.4, 0.5) is 0 Å². The molecule has 0 aromatic heterocycles. The molecule has 1 saturated heterocycles. The zero-order valence-corrected chi connectivity index (χ0v) is 23.2. The van der Waals surface area contributed by atoms with Crippen LogP contribution in [0, 0.1) is 0 Å². The Hall–Kier alpha value is -3.25. The van der Waals surface area contributed by atoms with Crippen LogP contribution in [0.3, 0.4) is 0 Å². The number of rotatable bonds is 8. The normalized spacial score (nSPS) is 22.3. The monoisotopic (exact) mass is 604 g/mol. The molecule has 3 rings (SSSR count). The van der Waals surface area contributed by atoms with Crippen LogP contribution in [0.25, 0.3) is 0 Å². The quantitative estimate of drug-likeness (QED) is 0.311. The van der Waals surface area contributed by atoms with E-state index in [-0.39, 0.29) is 27.3 Å². The van der Waals surface area contributed by atoms with Gasteiger partial charge in [-0.05, 0) is 30.3 Å². The van der Waals surface area contributed by atoms with Crippen molar-refractivity contribution in [3.8, 4) is 17.2 Å². The first-order valence-electron chi connectivity index (χ1n) is 11.2. The molecular weight excluding hydrogens is 583 g/mol. The van der Waals surface area contributed by atoms with Crippen molar-refractivity contribution in [2.75, 3.05) is 7.11 Å². The van der Waals surface area contributed by atoms with Crippen molar-refractivity contribution in [2.45, 2.75) is 51.5 Å². The van der Waals surface area contributed by atoms with Crippen LogP contribution in [-0.4, -0.2) is 61.7 Å². The lowest BCUT2D eigenvalue weighted by atomic mass is 9.97. The van der Waals surface area contributed by atoms with Crippen molar-refractivity contribution < 1.29 is 52.3 Å². The number of ether oxygens (including phenoxy) is 7. The summed E-state index contributed by atoms with van der Waals surface area (Å²) < 4.78 is 38.4. The molecule has 14 heteroatoms. The first-order chi connectivity index (χ1) is 18.4. The highest BCUT2D eigenvalue weighted by Gasteiger charge is 2.56. The molecular formula is C25H23Cl3O11. The Morgan fingerprint density at radius 1 is 0.718 bits per heavy atom. The number of carbonyl (C=O) groups is 4. The number of methoxy groups -OCH3 is 1. The highest BCUT2D eigenvalue weighted by atomic mass is 35.5. The fourth-order valence-electron chi connectivity index (χ4n) is 3.63. The van der Waals surface area contributed by atoms with Crippen molar-refractivity contribution in [3.63, 3.8) is 0 Å². The van der Waals surface area contributed by atoms with Crippen molar-refractivity contribution in [2.24, 2.45) is 0 Å². The smallest absolute Gasteiger partial charge is 0.339 e. The molecule has 1 aliphatic rings. The molecule has 1 aliphatic heterocycles. The molecule has 11 nitrogen and oxygen atoms in total. The average molecular weight is 606 g/mol. The van der Waals surface area contributed by atoms with Crippen molar-refractivity contribution in [3.05, 3.63) is 51.5 Å². The van der Waals surface area contributed by atoms with Gasteiger partial charge >= 0.3 is 23.9 Å². The summed E-state index contributed by atoms with van der Waals surface area (Å²) in [7, 11) is 1.07. The fourth-order valence-corrected chi connectivity index (χ4v) is 4.24. The van der Waals surface area contributed by atoms with E-state index < -0.39 is 54.6 Å². The summed E-state index contributed by atoms with van der Waals surface area (Å²) in [5.41, 5.74) is 0. The number of benzene rings is 2. The molecule has 2 aromatic carbocycles. The van der Waals surface area contributed by atoms with Gasteiger partial charge in [-0.2, -0.15) is 0 Å². The second kappa shape index (κ2) is 13.2. The molecule has 0 aliphatic carbocycles. The van der Waals surface area contributed by atoms with E-state index in [9.17, 15) is 19.2 Å². The maximum absolute atomic E-state index is 12.6. The Morgan fingerprint density at radius 2 is 1.26 bits per heavy atom. The first-order valence-corrected chi connectivity index (χ1v) is 12.4. The topological polar surface area (TPSA) is 133 Å².